The van der Waals surface area contributed by atoms with Gasteiger partial charge in [0.05, 0.1) is 19.8 Å². The van der Waals surface area contributed by atoms with Gasteiger partial charge in [0.2, 0.25) is 0 Å². The van der Waals surface area contributed by atoms with E-state index in [4.69, 9.17) is 18.9 Å². The number of methoxy groups -OCH3 is 1. The molecular formula is C25H35NO5S. The maximum absolute atomic E-state index is 13.0. The first kappa shape index (κ1) is 25.2. The minimum atomic E-state index is -1.34. The number of benzene rings is 2. The van der Waals surface area contributed by atoms with Gasteiger partial charge in [-0.2, -0.15) is 0 Å². The van der Waals surface area contributed by atoms with Gasteiger partial charge in [-0.15, -0.1) is 4.72 Å². The molecule has 0 bridgehead atoms. The number of ether oxygens (including phenoxy) is 4. The molecule has 0 aliphatic carbocycles. The third-order valence-corrected chi connectivity index (χ3v) is 7.20. The van der Waals surface area contributed by atoms with Crippen LogP contribution in [0.5, 0.6) is 0 Å². The number of nitrogens with one attached hydrogen (secondary N) is 1. The van der Waals surface area contributed by atoms with E-state index in [9.17, 15) is 4.55 Å². The number of rotatable bonds is 10. The van der Waals surface area contributed by atoms with E-state index in [0.29, 0.717) is 19.8 Å². The summed E-state index contributed by atoms with van der Waals surface area (Å²) in [5.74, 6) is 0. The summed E-state index contributed by atoms with van der Waals surface area (Å²) in [5, 5.41) is 0. The van der Waals surface area contributed by atoms with Crippen molar-refractivity contribution in [3.63, 3.8) is 0 Å². The summed E-state index contributed by atoms with van der Waals surface area (Å²) in [7, 11) is 1.59. The van der Waals surface area contributed by atoms with Crippen LogP contribution in [-0.2, 0) is 43.5 Å². The zero-order valence-corrected chi connectivity index (χ0v) is 20.4. The normalized spacial score (nSPS) is 26.9. The van der Waals surface area contributed by atoms with Gasteiger partial charge in [-0.1, -0.05) is 60.7 Å². The molecule has 0 saturated carbocycles. The fourth-order valence-corrected chi connectivity index (χ4v) is 4.60. The summed E-state index contributed by atoms with van der Waals surface area (Å²) >= 11 is -1.34. The van der Waals surface area contributed by atoms with E-state index >= 15 is 0 Å². The average molecular weight is 462 g/mol. The van der Waals surface area contributed by atoms with Crippen LogP contribution >= 0.6 is 0 Å². The van der Waals surface area contributed by atoms with E-state index in [1.807, 2.05) is 88.4 Å². The van der Waals surface area contributed by atoms with Crippen LogP contribution in [0.1, 0.15) is 38.8 Å². The van der Waals surface area contributed by atoms with Gasteiger partial charge in [-0.3, -0.25) is 0 Å². The highest BCUT2D eigenvalue weighted by Crippen LogP contribution is 2.36. The van der Waals surface area contributed by atoms with Crippen LogP contribution in [0.4, 0.5) is 0 Å². The molecule has 5 atom stereocenters. The molecule has 1 heterocycles. The molecule has 1 aliphatic heterocycles. The lowest BCUT2D eigenvalue weighted by atomic mass is 9.94. The van der Waals surface area contributed by atoms with E-state index < -0.39 is 34.0 Å². The predicted molar refractivity (Wildman–Crippen MR) is 126 cm³/mol. The molecule has 0 spiro atoms. The molecule has 6 nitrogen and oxygen atoms in total. The highest BCUT2D eigenvalue weighted by atomic mass is 32.2. The third kappa shape index (κ3) is 6.32. The Morgan fingerprint density at radius 2 is 1.56 bits per heavy atom. The van der Waals surface area contributed by atoms with Crippen LogP contribution in [-0.4, -0.2) is 47.1 Å². The SMILES string of the molecule is CO[C@H]1O[C@H](COCc2ccccc2)[C@@H](OCc2ccccc2)[C@@]1(C)N[S+]([O-])C(C)(C)C. The van der Waals surface area contributed by atoms with Gasteiger partial charge in [0.25, 0.3) is 0 Å². The first-order valence-corrected chi connectivity index (χ1v) is 12.0. The van der Waals surface area contributed by atoms with Crippen molar-refractivity contribution in [3.05, 3.63) is 71.8 Å². The molecule has 0 radical (unpaired) electrons. The molecule has 1 unspecified atom stereocenters. The minimum Gasteiger partial charge on any atom is -0.598 e. The van der Waals surface area contributed by atoms with E-state index in [0.717, 1.165) is 11.1 Å². The molecular weight excluding hydrogens is 426 g/mol. The van der Waals surface area contributed by atoms with Crippen molar-refractivity contribution in [2.24, 2.45) is 0 Å². The molecule has 32 heavy (non-hydrogen) atoms. The Bertz CT molecular complexity index is 816. The van der Waals surface area contributed by atoms with Crippen LogP contribution in [0.15, 0.2) is 60.7 Å². The topological polar surface area (TPSA) is 72.0 Å². The van der Waals surface area contributed by atoms with Crippen LogP contribution in [0.25, 0.3) is 0 Å². The van der Waals surface area contributed by atoms with E-state index in [1.54, 1.807) is 7.11 Å². The molecule has 1 aliphatic rings. The van der Waals surface area contributed by atoms with Crippen molar-refractivity contribution in [2.45, 2.75) is 69.7 Å². The first-order valence-electron chi connectivity index (χ1n) is 10.9. The molecule has 3 rings (SSSR count). The number of hydrogen-bond donors (Lipinski definition) is 1. The molecule has 7 heteroatoms. The summed E-state index contributed by atoms with van der Waals surface area (Å²) < 4.78 is 40.1. The third-order valence-electron chi connectivity index (χ3n) is 5.47. The Balaban J connectivity index is 1.76. The van der Waals surface area contributed by atoms with Crippen LogP contribution in [0.3, 0.4) is 0 Å². The summed E-state index contributed by atoms with van der Waals surface area (Å²) in [4.78, 5) is 0. The van der Waals surface area contributed by atoms with Crippen LogP contribution in [0.2, 0.25) is 0 Å². The van der Waals surface area contributed by atoms with Gasteiger partial charge >= 0.3 is 0 Å². The smallest absolute Gasteiger partial charge is 0.182 e. The molecule has 0 amide bonds. The zero-order valence-electron chi connectivity index (χ0n) is 19.6. The standard InChI is InChI=1S/C25H35NO5S/c1-24(2,3)32(27)26-25(4)22(30-17-20-14-10-7-11-15-20)21(31-23(25)28-5)18-29-16-19-12-8-6-9-13-19/h6-15,21-23,26H,16-18H2,1-5H3/t21-,22-,23+,25-,32?/m1/s1. The second-order valence-corrected chi connectivity index (χ2v) is 11.2. The van der Waals surface area contributed by atoms with Gasteiger partial charge in [-0.25, -0.2) is 0 Å². The molecule has 1 fully saturated rings. The quantitative estimate of drug-likeness (QED) is 0.540. The summed E-state index contributed by atoms with van der Waals surface area (Å²) in [6, 6.07) is 20.0. The Morgan fingerprint density at radius 3 is 2.09 bits per heavy atom. The second kappa shape index (κ2) is 11.1. The van der Waals surface area contributed by atoms with Crippen molar-refractivity contribution in [1.82, 2.24) is 4.72 Å². The highest BCUT2D eigenvalue weighted by molar-refractivity contribution is 7.90. The number of hydrogen-bond acceptors (Lipinski definition) is 6. The predicted octanol–water partition coefficient (Wildman–Crippen LogP) is 3.97. The Labute approximate surface area is 194 Å². The monoisotopic (exact) mass is 461 g/mol. The maximum Gasteiger partial charge on any atom is 0.182 e. The first-order chi connectivity index (χ1) is 15.2. The lowest BCUT2D eigenvalue weighted by Crippen LogP contribution is -2.62. The zero-order chi connectivity index (χ0) is 23.2. The van der Waals surface area contributed by atoms with Gasteiger partial charge in [0.15, 0.2) is 6.29 Å². The van der Waals surface area contributed by atoms with E-state index in [1.165, 1.54) is 0 Å². The Kier molecular flexibility index (Phi) is 8.75. The van der Waals surface area contributed by atoms with E-state index in [2.05, 4.69) is 4.72 Å². The van der Waals surface area contributed by atoms with Crippen molar-refractivity contribution in [3.8, 4) is 0 Å². The summed E-state index contributed by atoms with van der Waals surface area (Å²) in [5.41, 5.74) is 1.31. The van der Waals surface area contributed by atoms with E-state index in [-0.39, 0.29) is 6.10 Å². The van der Waals surface area contributed by atoms with Crippen molar-refractivity contribution >= 4 is 11.4 Å². The molecule has 1 saturated heterocycles. The maximum atomic E-state index is 13.0. The summed E-state index contributed by atoms with van der Waals surface area (Å²) in [6.45, 7) is 8.93. The summed E-state index contributed by atoms with van der Waals surface area (Å²) in [6.07, 6.45) is -1.46. The minimum absolute atomic E-state index is 0.327. The average Bonchev–Trinajstić information content (AvgIpc) is 3.03. The highest BCUT2D eigenvalue weighted by Gasteiger charge is 2.58. The molecule has 0 aromatic heterocycles. The molecule has 2 aromatic rings. The van der Waals surface area contributed by atoms with Gasteiger partial charge < -0.3 is 23.5 Å². The van der Waals surface area contributed by atoms with Crippen molar-refractivity contribution in [2.75, 3.05) is 13.7 Å². The van der Waals surface area contributed by atoms with Crippen LogP contribution < -0.4 is 4.72 Å². The van der Waals surface area contributed by atoms with Crippen molar-refractivity contribution in [1.29, 1.82) is 0 Å². The fourth-order valence-electron chi connectivity index (χ4n) is 3.69. The van der Waals surface area contributed by atoms with Gasteiger partial charge in [0.1, 0.15) is 22.5 Å². The van der Waals surface area contributed by atoms with Gasteiger partial charge in [0, 0.05) is 18.5 Å². The molecule has 2 aromatic carbocycles. The lowest BCUT2D eigenvalue weighted by Gasteiger charge is -2.37. The Hall–Kier alpha value is -1.45. The Morgan fingerprint density at radius 1 is 1.00 bits per heavy atom. The fraction of sp³-hybridized carbons (Fsp3) is 0.520. The van der Waals surface area contributed by atoms with Crippen molar-refractivity contribution < 1.29 is 23.5 Å². The van der Waals surface area contributed by atoms with Crippen LogP contribution in [0, 0.1) is 0 Å². The molecule has 1 N–H and O–H groups in total. The molecule has 176 valence electrons. The second-order valence-electron chi connectivity index (χ2n) is 9.23. The largest absolute Gasteiger partial charge is 0.598 e. The lowest BCUT2D eigenvalue weighted by molar-refractivity contribution is -0.148. The van der Waals surface area contributed by atoms with Gasteiger partial charge in [-0.05, 0) is 38.8 Å².